The summed E-state index contributed by atoms with van der Waals surface area (Å²) in [6.45, 7) is 0.162. The Balaban J connectivity index is 2.22. The molecule has 1 amide bonds. The molecule has 0 spiro atoms. The first kappa shape index (κ1) is 15.7. The van der Waals surface area contributed by atoms with E-state index >= 15 is 0 Å². The minimum Gasteiger partial charge on any atom is -0.388 e. The van der Waals surface area contributed by atoms with Crippen molar-refractivity contribution in [2.75, 3.05) is 13.6 Å². The van der Waals surface area contributed by atoms with E-state index in [1.165, 1.54) is 30.1 Å². The molecule has 2 rings (SSSR count). The third kappa shape index (κ3) is 3.51. The van der Waals surface area contributed by atoms with Gasteiger partial charge < -0.3 is 10.0 Å². The summed E-state index contributed by atoms with van der Waals surface area (Å²) in [5.74, 6) is -0.510. The number of carbonyl (C=O) groups excluding carboxylic acids is 1. The average molecular weight is 313 g/mol. The van der Waals surface area contributed by atoms with Crippen LogP contribution >= 0.6 is 11.6 Å². The van der Waals surface area contributed by atoms with Gasteiger partial charge in [0.05, 0.1) is 10.5 Å². The van der Waals surface area contributed by atoms with Crippen LogP contribution < -0.4 is 0 Å². The van der Waals surface area contributed by atoms with Crippen LogP contribution in [-0.2, 0) is 0 Å². The van der Waals surface area contributed by atoms with Crippen LogP contribution in [0.2, 0.25) is 5.02 Å². The maximum atomic E-state index is 12.4. The number of aliphatic hydroxyl groups is 1. The van der Waals surface area contributed by atoms with Crippen LogP contribution in [0.4, 0.5) is 5.69 Å². The Morgan fingerprint density at radius 1 is 1.48 bits per heavy atom. The number of nitro benzene ring substituents is 1. The van der Waals surface area contributed by atoms with Crippen LogP contribution in [-0.4, -0.2) is 40.0 Å². The quantitative estimate of drug-likeness (QED) is 0.684. The zero-order valence-corrected chi connectivity index (χ0v) is 12.5. The lowest BCUT2D eigenvalue weighted by molar-refractivity contribution is -0.385. The summed E-state index contributed by atoms with van der Waals surface area (Å²) in [6, 6.07) is 3.88. The van der Waals surface area contributed by atoms with Crippen molar-refractivity contribution in [1.29, 1.82) is 0 Å². The Hall–Kier alpha value is -1.66. The van der Waals surface area contributed by atoms with Gasteiger partial charge in [0.15, 0.2) is 0 Å². The molecular weight excluding hydrogens is 296 g/mol. The van der Waals surface area contributed by atoms with E-state index in [0.29, 0.717) is 12.8 Å². The lowest BCUT2D eigenvalue weighted by atomic mass is 10.0. The highest BCUT2D eigenvalue weighted by Gasteiger charge is 2.34. The molecule has 1 saturated carbocycles. The van der Waals surface area contributed by atoms with Gasteiger partial charge in [0, 0.05) is 24.7 Å². The average Bonchev–Trinajstić information content (AvgIpc) is 2.83. The Morgan fingerprint density at radius 3 is 2.67 bits per heavy atom. The van der Waals surface area contributed by atoms with Crippen molar-refractivity contribution in [3.05, 3.63) is 38.9 Å². The molecule has 1 aromatic rings. The number of benzene rings is 1. The lowest BCUT2D eigenvalue weighted by Crippen LogP contribution is -2.42. The molecule has 0 aromatic heterocycles. The standard InChI is InChI=1S/C14H17ClN2O4/c1-16(9-14(19)6-2-3-7-14)13(18)11-8-10(15)4-5-12(11)17(20)21/h4-5,8,19H,2-3,6-7,9H2,1H3. The predicted octanol–water partition coefficient (Wildman–Crippen LogP) is 2.63. The summed E-state index contributed by atoms with van der Waals surface area (Å²) in [6.07, 6.45) is 3.14. The molecule has 1 N–H and O–H groups in total. The number of nitrogens with zero attached hydrogens (tertiary/aromatic N) is 2. The smallest absolute Gasteiger partial charge is 0.282 e. The fourth-order valence-corrected chi connectivity index (χ4v) is 2.92. The van der Waals surface area contributed by atoms with E-state index in [1.54, 1.807) is 0 Å². The zero-order valence-electron chi connectivity index (χ0n) is 11.7. The minimum absolute atomic E-state index is 0.0587. The van der Waals surface area contributed by atoms with Crippen LogP contribution in [0, 0.1) is 10.1 Å². The van der Waals surface area contributed by atoms with Gasteiger partial charge in [-0.3, -0.25) is 14.9 Å². The van der Waals surface area contributed by atoms with Crippen LogP contribution in [0.1, 0.15) is 36.0 Å². The van der Waals surface area contributed by atoms with Gasteiger partial charge in [0.1, 0.15) is 5.56 Å². The molecule has 1 aliphatic rings. The van der Waals surface area contributed by atoms with Gasteiger partial charge in [-0.05, 0) is 25.0 Å². The summed E-state index contributed by atoms with van der Waals surface area (Å²) in [5.41, 5.74) is -1.23. The van der Waals surface area contributed by atoms with Crippen LogP contribution in [0.25, 0.3) is 0 Å². The molecule has 21 heavy (non-hydrogen) atoms. The van der Waals surface area contributed by atoms with Crippen molar-refractivity contribution >= 4 is 23.2 Å². The second-order valence-corrected chi connectivity index (χ2v) is 5.95. The molecule has 1 aromatic carbocycles. The molecule has 1 aliphatic carbocycles. The SMILES string of the molecule is CN(CC1(O)CCCC1)C(=O)c1cc(Cl)ccc1[N+](=O)[O-]. The zero-order chi connectivity index (χ0) is 15.6. The fraction of sp³-hybridized carbons (Fsp3) is 0.500. The molecular formula is C14H17ClN2O4. The molecule has 0 heterocycles. The van der Waals surface area contributed by atoms with E-state index in [0.717, 1.165) is 12.8 Å². The van der Waals surface area contributed by atoms with Gasteiger partial charge in [-0.1, -0.05) is 24.4 Å². The van der Waals surface area contributed by atoms with E-state index in [1.807, 2.05) is 0 Å². The minimum atomic E-state index is -0.891. The second kappa shape index (κ2) is 5.99. The Bertz CT molecular complexity index is 570. The predicted molar refractivity (Wildman–Crippen MR) is 78.5 cm³/mol. The summed E-state index contributed by atoms with van der Waals surface area (Å²) in [7, 11) is 1.53. The topological polar surface area (TPSA) is 83.7 Å². The summed E-state index contributed by atoms with van der Waals surface area (Å²) in [4.78, 5) is 24.1. The van der Waals surface area contributed by atoms with Crippen molar-refractivity contribution < 1.29 is 14.8 Å². The van der Waals surface area contributed by atoms with Crippen molar-refractivity contribution in [2.45, 2.75) is 31.3 Å². The number of halogens is 1. The molecule has 0 atom stereocenters. The number of carbonyl (C=O) groups is 1. The first-order valence-corrected chi connectivity index (χ1v) is 7.12. The first-order valence-electron chi connectivity index (χ1n) is 6.74. The van der Waals surface area contributed by atoms with Crippen molar-refractivity contribution in [1.82, 2.24) is 4.90 Å². The number of nitro groups is 1. The molecule has 7 heteroatoms. The Labute approximate surface area is 127 Å². The number of hydrogen-bond acceptors (Lipinski definition) is 4. The summed E-state index contributed by atoms with van der Waals surface area (Å²) in [5, 5.41) is 21.6. The van der Waals surface area contributed by atoms with Crippen molar-refractivity contribution in [2.24, 2.45) is 0 Å². The third-order valence-electron chi connectivity index (χ3n) is 3.80. The second-order valence-electron chi connectivity index (χ2n) is 5.51. The number of hydrogen-bond donors (Lipinski definition) is 1. The maximum Gasteiger partial charge on any atom is 0.282 e. The van der Waals surface area contributed by atoms with Gasteiger partial charge >= 0.3 is 0 Å². The molecule has 114 valence electrons. The van der Waals surface area contributed by atoms with Crippen molar-refractivity contribution in [3.8, 4) is 0 Å². The summed E-state index contributed by atoms with van der Waals surface area (Å²) >= 11 is 5.83. The monoisotopic (exact) mass is 312 g/mol. The normalized spacial score (nSPS) is 16.7. The number of rotatable bonds is 4. The van der Waals surface area contributed by atoms with E-state index in [4.69, 9.17) is 11.6 Å². The third-order valence-corrected chi connectivity index (χ3v) is 4.03. The van der Waals surface area contributed by atoms with E-state index in [9.17, 15) is 20.0 Å². The van der Waals surface area contributed by atoms with Crippen molar-refractivity contribution in [3.63, 3.8) is 0 Å². The van der Waals surface area contributed by atoms with Gasteiger partial charge in [0.2, 0.25) is 0 Å². The molecule has 0 radical (unpaired) electrons. The number of likely N-dealkylation sites (N-methyl/N-ethyl adjacent to an activating group) is 1. The van der Waals surface area contributed by atoms with Gasteiger partial charge in [-0.25, -0.2) is 0 Å². The highest BCUT2D eigenvalue weighted by molar-refractivity contribution is 6.31. The van der Waals surface area contributed by atoms with Crippen LogP contribution in [0.15, 0.2) is 18.2 Å². The summed E-state index contributed by atoms with van der Waals surface area (Å²) < 4.78 is 0. The molecule has 1 fully saturated rings. The van der Waals surface area contributed by atoms with Gasteiger partial charge in [0.25, 0.3) is 11.6 Å². The molecule has 0 unspecified atom stereocenters. The largest absolute Gasteiger partial charge is 0.388 e. The Morgan fingerprint density at radius 2 is 2.10 bits per heavy atom. The highest BCUT2D eigenvalue weighted by atomic mass is 35.5. The van der Waals surface area contributed by atoms with E-state index in [2.05, 4.69) is 0 Å². The van der Waals surface area contributed by atoms with E-state index < -0.39 is 16.4 Å². The molecule has 6 nitrogen and oxygen atoms in total. The first-order chi connectivity index (χ1) is 9.82. The molecule has 0 aliphatic heterocycles. The van der Waals surface area contributed by atoms with Crippen LogP contribution in [0.5, 0.6) is 0 Å². The number of amides is 1. The fourth-order valence-electron chi connectivity index (χ4n) is 2.75. The van der Waals surface area contributed by atoms with Gasteiger partial charge in [-0.2, -0.15) is 0 Å². The molecule has 0 saturated heterocycles. The van der Waals surface area contributed by atoms with Crippen LogP contribution in [0.3, 0.4) is 0 Å². The lowest BCUT2D eigenvalue weighted by Gasteiger charge is -2.28. The molecule has 0 bridgehead atoms. The van der Waals surface area contributed by atoms with E-state index in [-0.39, 0.29) is 22.8 Å². The maximum absolute atomic E-state index is 12.4. The van der Waals surface area contributed by atoms with Gasteiger partial charge in [-0.15, -0.1) is 0 Å². The Kier molecular flexibility index (Phi) is 4.49. The highest BCUT2D eigenvalue weighted by Crippen LogP contribution is 2.31.